The van der Waals surface area contributed by atoms with Crippen LogP contribution in [0.15, 0.2) is 12.3 Å². The summed E-state index contributed by atoms with van der Waals surface area (Å²) in [6, 6.07) is 1.37. The molecular formula is C12H19N3O3. The predicted octanol–water partition coefficient (Wildman–Crippen LogP) is 0.961. The maximum atomic E-state index is 11.0. The van der Waals surface area contributed by atoms with E-state index in [4.69, 9.17) is 15.9 Å². The Bertz CT molecular complexity index is 410. The molecule has 6 heteroatoms. The maximum absolute atomic E-state index is 11.0. The predicted molar refractivity (Wildman–Crippen MR) is 69.8 cm³/mol. The average molecular weight is 253 g/mol. The highest BCUT2D eigenvalue weighted by Crippen LogP contribution is 2.24. The van der Waals surface area contributed by atoms with E-state index in [0.29, 0.717) is 18.9 Å². The maximum Gasteiger partial charge on any atom is 0.337 e. The summed E-state index contributed by atoms with van der Waals surface area (Å²) in [5.74, 6) is -0.645. The first-order chi connectivity index (χ1) is 8.61. The van der Waals surface area contributed by atoms with E-state index in [1.54, 1.807) is 0 Å². The van der Waals surface area contributed by atoms with Crippen molar-refractivity contribution >= 4 is 17.5 Å². The van der Waals surface area contributed by atoms with Crippen LogP contribution in [-0.4, -0.2) is 40.9 Å². The van der Waals surface area contributed by atoms with Crippen LogP contribution in [0, 0.1) is 0 Å². The molecule has 0 fully saturated rings. The summed E-state index contributed by atoms with van der Waals surface area (Å²) in [7, 11) is 0. The molecule has 0 amide bonds. The Morgan fingerprint density at radius 1 is 1.50 bits per heavy atom. The molecule has 1 rings (SSSR count). The number of pyridine rings is 1. The number of anilines is 2. The monoisotopic (exact) mass is 253 g/mol. The average Bonchev–Trinajstić information content (AvgIpc) is 2.34. The highest BCUT2D eigenvalue weighted by molar-refractivity contribution is 5.96. The summed E-state index contributed by atoms with van der Waals surface area (Å²) in [6.07, 6.45) is 3.35. The Morgan fingerprint density at radius 2 is 2.22 bits per heavy atom. The number of carboxylic acids is 1. The molecule has 6 nitrogen and oxygen atoms in total. The largest absolute Gasteiger partial charge is 0.478 e. The van der Waals surface area contributed by atoms with Crippen LogP contribution in [0.25, 0.3) is 0 Å². The number of aliphatic hydroxyl groups is 1. The quantitative estimate of drug-likeness (QED) is 0.669. The van der Waals surface area contributed by atoms with Gasteiger partial charge in [-0.15, -0.1) is 0 Å². The number of nitrogens with two attached hydrogens (primary N) is 1. The molecule has 0 atom stereocenters. The van der Waals surface area contributed by atoms with Gasteiger partial charge in [0.05, 0.1) is 17.9 Å². The van der Waals surface area contributed by atoms with E-state index in [2.05, 4.69) is 11.9 Å². The van der Waals surface area contributed by atoms with Gasteiger partial charge in [-0.25, -0.2) is 9.78 Å². The number of carbonyl (C=O) groups is 1. The number of aromatic nitrogens is 1. The highest BCUT2D eigenvalue weighted by Gasteiger charge is 2.16. The molecule has 0 bridgehead atoms. The molecule has 4 N–H and O–H groups in total. The Labute approximate surface area is 106 Å². The van der Waals surface area contributed by atoms with E-state index in [9.17, 15) is 4.79 Å². The van der Waals surface area contributed by atoms with Crippen LogP contribution in [0.5, 0.6) is 0 Å². The lowest BCUT2D eigenvalue weighted by Gasteiger charge is -2.24. The second-order valence-electron chi connectivity index (χ2n) is 3.97. The Hall–Kier alpha value is -1.82. The summed E-state index contributed by atoms with van der Waals surface area (Å²) < 4.78 is 0. The van der Waals surface area contributed by atoms with E-state index in [-0.39, 0.29) is 17.9 Å². The van der Waals surface area contributed by atoms with Crippen LogP contribution in [0.2, 0.25) is 0 Å². The number of nitrogen functional groups attached to an aromatic ring is 1. The van der Waals surface area contributed by atoms with Crippen LogP contribution in [0.4, 0.5) is 11.5 Å². The number of nitrogens with zero attached hydrogens (tertiary/aromatic N) is 2. The van der Waals surface area contributed by atoms with E-state index in [1.165, 1.54) is 12.3 Å². The smallest absolute Gasteiger partial charge is 0.337 e. The SMILES string of the molecule is CCCCN(CCO)c1nccc(C(=O)O)c1N. The molecule has 18 heavy (non-hydrogen) atoms. The van der Waals surface area contributed by atoms with Crippen molar-refractivity contribution in [2.45, 2.75) is 19.8 Å². The van der Waals surface area contributed by atoms with Gasteiger partial charge in [-0.2, -0.15) is 0 Å². The third-order valence-electron chi connectivity index (χ3n) is 2.65. The summed E-state index contributed by atoms with van der Waals surface area (Å²) in [5.41, 5.74) is 6.01. The van der Waals surface area contributed by atoms with Crippen molar-refractivity contribution in [2.24, 2.45) is 0 Å². The van der Waals surface area contributed by atoms with Gasteiger partial charge in [0.1, 0.15) is 0 Å². The molecule has 100 valence electrons. The molecule has 0 saturated heterocycles. The first kappa shape index (κ1) is 14.2. The first-order valence-electron chi connectivity index (χ1n) is 5.95. The van der Waals surface area contributed by atoms with Crippen molar-refractivity contribution in [3.05, 3.63) is 17.8 Å². The van der Waals surface area contributed by atoms with Crippen molar-refractivity contribution in [3.63, 3.8) is 0 Å². The molecule has 0 aliphatic heterocycles. The van der Waals surface area contributed by atoms with Crippen molar-refractivity contribution in [2.75, 3.05) is 30.3 Å². The molecule has 0 saturated carbocycles. The van der Waals surface area contributed by atoms with E-state index in [0.717, 1.165) is 12.8 Å². The van der Waals surface area contributed by atoms with Gasteiger partial charge in [-0.1, -0.05) is 13.3 Å². The molecule has 0 radical (unpaired) electrons. The number of hydrogen-bond donors (Lipinski definition) is 3. The molecule has 1 aromatic rings. The summed E-state index contributed by atoms with van der Waals surface area (Å²) in [5, 5.41) is 18.0. The Morgan fingerprint density at radius 3 is 2.78 bits per heavy atom. The minimum atomic E-state index is -1.07. The van der Waals surface area contributed by atoms with Crippen LogP contribution < -0.4 is 10.6 Å². The third kappa shape index (κ3) is 3.33. The second kappa shape index (κ2) is 6.80. The van der Waals surface area contributed by atoms with E-state index >= 15 is 0 Å². The fourth-order valence-electron chi connectivity index (χ4n) is 1.69. The molecule has 0 unspecified atom stereocenters. The van der Waals surface area contributed by atoms with Crippen molar-refractivity contribution < 1.29 is 15.0 Å². The topological polar surface area (TPSA) is 99.7 Å². The van der Waals surface area contributed by atoms with Crippen LogP contribution in [0.1, 0.15) is 30.1 Å². The molecule has 1 aromatic heterocycles. The Balaban J connectivity index is 3.03. The third-order valence-corrected chi connectivity index (χ3v) is 2.65. The normalized spacial score (nSPS) is 10.3. The number of unbranched alkanes of at least 4 members (excludes halogenated alkanes) is 1. The molecular weight excluding hydrogens is 234 g/mol. The zero-order valence-electron chi connectivity index (χ0n) is 10.5. The first-order valence-corrected chi connectivity index (χ1v) is 5.95. The van der Waals surface area contributed by atoms with Gasteiger partial charge >= 0.3 is 5.97 Å². The lowest BCUT2D eigenvalue weighted by atomic mass is 10.2. The molecule has 0 aliphatic carbocycles. The summed E-state index contributed by atoms with van der Waals surface area (Å²) in [4.78, 5) is 16.9. The van der Waals surface area contributed by atoms with Crippen molar-refractivity contribution in [1.29, 1.82) is 0 Å². The van der Waals surface area contributed by atoms with Crippen LogP contribution in [0.3, 0.4) is 0 Å². The van der Waals surface area contributed by atoms with Gasteiger partial charge in [0.25, 0.3) is 0 Å². The highest BCUT2D eigenvalue weighted by atomic mass is 16.4. The minimum absolute atomic E-state index is 0.0257. The van der Waals surface area contributed by atoms with E-state index < -0.39 is 5.97 Å². The molecule has 1 heterocycles. The number of aliphatic hydroxyl groups excluding tert-OH is 1. The second-order valence-corrected chi connectivity index (χ2v) is 3.97. The van der Waals surface area contributed by atoms with Crippen molar-refractivity contribution in [3.8, 4) is 0 Å². The fourth-order valence-corrected chi connectivity index (χ4v) is 1.69. The molecule has 0 aromatic carbocycles. The summed E-state index contributed by atoms with van der Waals surface area (Å²) >= 11 is 0. The Kier molecular flexibility index (Phi) is 5.38. The number of rotatable bonds is 7. The fraction of sp³-hybridized carbons (Fsp3) is 0.500. The van der Waals surface area contributed by atoms with Gasteiger partial charge in [0, 0.05) is 19.3 Å². The molecule has 0 aliphatic rings. The van der Waals surface area contributed by atoms with Crippen LogP contribution in [-0.2, 0) is 0 Å². The van der Waals surface area contributed by atoms with Gasteiger partial charge < -0.3 is 20.8 Å². The lowest BCUT2D eigenvalue weighted by molar-refractivity contribution is 0.0698. The van der Waals surface area contributed by atoms with Gasteiger partial charge in [0.2, 0.25) is 0 Å². The zero-order valence-corrected chi connectivity index (χ0v) is 10.5. The minimum Gasteiger partial charge on any atom is -0.478 e. The number of carboxylic acid groups (broad SMARTS) is 1. The van der Waals surface area contributed by atoms with Crippen LogP contribution >= 0.6 is 0 Å². The lowest BCUT2D eigenvalue weighted by Crippen LogP contribution is -2.29. The summed E-state index contributed by atoms with van der Waals surface area (Å²) in [6.45, 7) is 3.11. The standard InChI is InChI=1S/C12H19N3O3/c1-2-3-6-15(7-8-16)11-10(13)9(12(17)18)4-5-14-11/h4-5,16H,2-3,6-8,13H2,1H3,(H,17,18). The van der Waals surface area contributed by atoms with Gasteiger partial charge in [0.15, 0.2) is 5.82 Å². The van der Waals surface area contributed by atoms with Crippen molar-refractivity contribution in [1.82, 2.24) is 4.98 Å². The number of hydrogen-bond acceptors (Lipinski definition) is 5. The van der Waals surface area contributed by atoms with Gasteiger partial charge in [-0.3, -0.25) is 0 Å². The zero-order chi connectivity index (χ0) is 13.5. The molecule has 0 spiro atoms. The number of aromatic carboxylic acids is 1. The van der Waals surface area contributed by atoms with Gasteiger partial charge in [-0.05, 0) is 12.5 Å². The van der Waals surface area contributed by atoms with E-state index in [1.807, 2.05) is 4.90 Å².